The first-order chi connectivity index (χ1) is 8.99. The third kappa shape index (κ3) is 2.01. The number of hydrogen-bond acceptors (Lipinski definition) is 3. The third-order valence-corrected chi connectivity index (χ3v) is 5.45. The lowest BCUT2D eigenvalue weighted by molar-refractivity contribution is -0.124. The molecule has 1 heterocycles. The number of hydrogen-bond donors (Lipinski definition) is 1. The predicted octanol–water partition coefficient (Wildman–Crippen LogP) is 1.87. The van der Waals surface area contributed by atoms with Crippen LogP contribution in [0.2, 0.25) is 5.02 Å². The van der Waals surface area contributed by atoms with Crippen LogP contribution in [-0.4, -0.2) is 21.6 Å². The average molecular weight is 282 g/mol. The normalized spacial score (nSPS) is 33.1. The number of fused-ring (bicyclic) bond motifs is 2. The van der Waals surface area contributed by atoms with Crippen molar-refractivity contribution < 1.29 is 4.79 Å². The topological polar surface area (TPSA) is 60.9 Å². The average Bonchev–Trinajstić information content (AvgIpc) is 3.00. The van der Waals surface area contributed by atoms with E-state index >= 15 is 0 Å². The molecule has 2 aliphatic carbocycles. The molecule has 2 N–H and O–H groups in total. The molecule has 4 nitrogen and oxygen atoms in total. The van der Waals surface area contributed by atoms with E-state index in [-0.39, 0.29) is 17.7 Å². The first-order valence-electron chi connectivity index (χ1n) is 6.95. The zero-order valence-electron chi connectivity index (χ0n) is 11.4. The Morgan fingerprint density at radius 3 is 2.68 bits per heavy atom. The number of Topliss-reactive ketones (excluding diaryl/α,β-unsaturated/α-hetero) is 1. The number of halogens is 1. The Hall–Kier alpha value is -0.870. The largest absolute Gasteiger partial charge is 0.327 e. The van der Waals surface area contributed by atoms with Gasteiger partial charge in [0, 0.05) is 19.0 Å². The van der Waals surface area contributed by atoms with E-state index in [1.807, 2.05) is 14.0 Å². The molecule has 0 aromatic carbocycles. The molecule has 0 radical (unpaired) electrons. The molecule has 0 saturated heterocycles. The van der Waals surface area contributed by atoms with Crippen LogP contribution in [0.4, 0.5) is 0 Å². The van der Waals surface area contributed by atoms with E-state index in [2.05, 4.69) is 5.10 Å². The van der Waals surface area contributed by atoms with Crippen molar-refractivity contribution in [1.82, 2.24) is 9.78 Å². The molecule has 5 heteroatoms. The van der Waals surface area contributed by atoms with Crippen LogP contribution in [0.25, 0.3) is 0 Å². The number of nitrogens with two attached hydrogens (primary N) is 1. The molecule has 2 bridgehead atoms. The van der Waals surface area contributed by atoms with Gasteiger partial charge >= 0.3 is 0 Å². The molecule has 0 amide bonds. The summed E-state index contributed by atoms with van der Waals surface area (Å²) in [5, 5.41) is 4.88. The quantitative estimate of drug-likeness (QED) is 0.920. The van der Waals surface area contributed by atoms with Gasteiger partial charge < -0.3 is 5.73 Å². The number of aromatic nitrogens is 2. The van der Waals surface area contributed by atoms with Crippen molar-refractivity contribution in [1.29, 1.82) is 0 Å². The van der Waals surface area contributed by atoms with E-state index in [4.69, 9.17) is 17.3 Å². The molecule has 2 fully saturated rings. The Labute approximate surface area is 118 Å². The summed E-state index contributed by atoms with van der Waals surface area (Å²) in [5.41, 5.74) is 7.82. The minimum absolute atomic E-state index is 0.0324. The molecule has 0 aliphatic heterocycles. The van der Waals surface area contributed by atoms with E-state index < -0.39 is 0 Å². The van der Waals surface area contributed by atoms with Crippen molar-refractivity contribution >= 4 is 17.4 Å². The van der Waals surface area contributed by atoms with Gasteiger partial charge in [-0.3, -0.25) is 9.48 Å². The van der Waals surface area contributed by atoms with Crippen LogP contribution in [-0.2, 0) is 18.3 Å². The summed E-state index contributed by atoms with van der Waals surface area (Å²) in [5.74, 6) is 1.33. The Bertz CT molecular complexity index is 523. The molecule has 1 aromatic rings. The van der Waals surface area contributed by atoms with Gasteiger partial charge in [-0.25, -0.2) is 0 Å². The second-order valence-electron chi connectivity index (χ2n) is 6.05. The van der Waals surface area contributed by atoms with Crippen LogP contribution in [0.15, 0.2) is 0 Å². The maximum absolute atomic E-state index is 12.5. The SMILES string of the molecule is Cc1nn(C)c(CC(=O)C2C3CCC(C3)C2N)c1Cl. The lowest BCUT2D eigenvalue weighted by atomic mass is 9.81. The molecule has 104 valence electrons. The molecule has 2 saturated carbocycles. The lowest BCUT2D eigenvalue weighted by Crippen LogP contribution is -2.41. The van der Waals surface area contributed by atoms with Gasteiger partial charge in [0.2, 0.25) is 0 Å². The summed E-state index contributed by atoms with van der Waals surface area (Å²) in [7, 11) is 1.84. The number of carbonyl (C=O) groups is 1. The van der Waals surface area contributed by atoms with Crippen molar-refractivity contribution in [3.8, 4) is 0 Å². The highest BCUT2D eigenvalue weighted by Gasteiger charge is 2.48. The Morgan fingerprint density at radius 2 is 2.16 bits per heavy atom. The fourth-order valence-electron chi connectivity index (χ4n) is 3.97. The highest BCUT2D eigenvalue weighted by molar-refractivity contribution is 6.32. The maximum Gasteiger partial charge on any atom is 0.143 e. The van der Waals surface area contributed by atoms with Crippen LogP contribution in [0.3, 0.4) is 0 Å². The van der Waals surface area contributed by atoms with Crippen LogP contribution in [0.1, 0.15) is 30.7 Å². The number of carbonyl (C=O) groups excluding carboxylic acids is 1. The lowest BCUT2D eigenvalue weighted by Gasteiger charge is -2.26. The molecule has 0 spiro atoms. The smallest absolute Gasteiger partial charge is 0.143 e. The minimum Gasteiger partial charge on any atom is -0.327 e. The van der Waals surface area contributed by atoms with Crippen LogP contribution in [0.5, 0.6) is 0 Å². The molecule has 19 heavy (non-hydrogen) atoms. The van der Waals surface area contributed by atoms with Crippen molar-refractivity contribution in [2.24, 2.45) is 30.5 Å². The number of rotatable bonds is 3. The van der Waals surface area contributed by atoms with Gasteiger partial charge in [0.15, 0.2) is 0 Å². The number of ketones is 1. The highest BCUT2D eigenvalue weighted by atomic mass is 35.5. The summed E-state index contributed by atoms with van der Waals surface area (Å²) in [4.78, 5) is 12.5. The summed E-state index contributed by atoms with van der Waals surface area (Å²) >= 11 is 6.21. The van der Waals surface area contributed by atoms with Gasteiger partial charge in [0.05, 0.1) is 22.8 Å². The summed E-state index contributed by atoms with van der Waals surface area (Å²) in [6.07, 6.45) is 3.85. The van der Waals surface area contributed by atoms with Crippen molar-refractivity contribution in [3.05, 3.63) is 16.4 Å². The van der Waals surface area contributed by atoms with Gasteiger partial charge in [-0.15, -0.1) is 0 Å². The zero-order chi connectivity index (χ0) is 13.7. The van der Waals surface area contributed by atoms with Crippen molar-refractivity contribution in [3.63, 3.8) is 0 Å². The summed E-state index contributed by atoms with van der Waals surface area (Å²) < 4.78 is 1.72. The maximum atomic E-state index is 12.5. The van der Waals surface area contributed by atoms with E-state index in [0.717, 1.165) is 24.2 Å². The summed E-state index contributed by atoms with van der Waals surface area (Å²) in [6, 6.07) is 0.0550. The second-order valence-corrected chi connectivity index (χ2v) is 6.43. The van der Waals surface area contributed by atoms with Crippen molar-refractivity contribution in [2.45, 2.75) is 38.6 Å². The Morgan fingerprint density at radius 1 is 1.47 bits per heavy atom. The van der Waals surface area contributed by atoms with E-state index in [9.17, 15) is 4.79 Å². The molecular weight excluding hydrogens is 262 g/mol. The van der Waals surface area contributed by atoms with Gasteiger partial charge in [0.25, 0.3) is 0 Å². The van der Waals surface area contributed by atoms with Crippen molar-refractivity contribution in [2.75, 3.05) is 0 Å². The number of aryl methyl sites for hydroxylation is 2. The van der Waals surface area contributed by atoms with Gasteiger partial charge in [-0.1, -0.05) is 11.6 Å². The molecular formula is C14H20ClN3O. The standard InChI is InChI=1S/C14H20ClN3O/c1-7-13(15)10(18(2)17-7)6-11(19)12-8-3-4-9(5-8)14(12)16/h8-9,12,14H,3-6,16H2,1-2H3. The van der Waals surface area contributed by atoms with Gasteiger partial charge in [-0.2, -0.15) is 5.10 Å². The predicted molar refractivity (Wildman–Crippen MR) is 74.0 cm³/mol. The fourth-order valence-corrected chi connectivity index (χ4v) is 4.20. The fraction of sp³-hybridized carbons (Fsp3) is 0.714. The van der Waals surface area contributed by atoms with Crippen LogP contribution < -0.4 is 5.73 Å². The monoisotopic (exact) mass is 281 g/mol. The zero-order valence-corrected chi connectivity index (χ0v) is 12.2. The van der Waals surface area contributed by atoms with Gasteiger partial charge in [0.1, 0.15) is 5.78 Å². The second kappa shape index (κ2) is 4.60. The van der Waals surface area contributed by atoms with E-state index in [1.165, 1.54) is 6.42 Å². The van der Waals surface area contributed by atoms with Crippen LogP contribution in [0, 0.1) is 24.7 Å². The van der Waals surface area contributed by atoms with E-state index in [0.29, 0.717) is 23.3 Å². The Balaban J connectivity index is 1.79. The van der Waals surface area contributed by atoms with Crippen LogP contribution >= 0.6 is 11.6 Å². The third-order valence-electron chi connectivity index (χ3n) is 4.96. The first-order valence-corrected chi connectivity index (χ1v) is 7.33. The Kier molecular flexibility index (Phi) is 3.18. The summed E-state index contributed by atoms with van der Waals surface area (Å²) in [6.45, 7) is 1.86. The molecule has 1 aromatic heterocycles. The molecule has 3 rings (SSSR count). The van der Waals surface area contributed by atoms with E-state index in [1.54, 1.807) is 4.68 Å². The molecule has 4 atom stereocenters. The highest BCUT2D eigenvalue weighted by Crippen LogP contribution is 2.48. The van der Waals surface area contributed by atoms with Gasteiger partial charge in [-0.05, 0) is 38.0 Å². The molecule has 2 aliphatic rings. The first kappa shape index (κ1) is 13.1. The number of nitrogens with zero attached hydrogens (tertiary/aromatic N) is 2. The molecule has 4 unspecified atom stereocenters. The minimum atomic E-state index is 0.0324.